The van der Waals surface area contributed by atoms with Crippen molar-refractivity contribution in [3.8, 4) is 0 Å². The molecule has 0 unspecified atom stereocenters. The van der Waals surface area contributed by atoms with Gasteiger partial charge in [-0.15, -0.1) is 0 Å². The first-order valence-corrected chi connectivity index (χ1v) is 7.57. The van der Waals surface area contributed by atoms with Crippen LogP contribution in [-0.2, 0) is 0 Å². The summed E-state index contributed by atoms with van der Waals surface area (Å²) in [5.74, 6) is 0.789. The first kappa shape index (κ1) is 15.8. The van der Waals surface area contributed by atoms with Crippen LogP contribution >= 0.6 is 11.6 Å². The molecule has 1 amide bonds. The summed E-state index contributed by atoms with van der Waals surface area (Å²) in [7, 11) is 0. The summed E-state index contributed by atoms with van der Waals surface area (Å²) in [5, 5.41) is 14.1. The molecule has 0 aromatic heterocycles. The number of nitrogens with zero attached hydrogens (tertiary/aromatic N) is 1. The third-order valence-corrected chi connectivity index (χ3v) is 4.32. The molecule has 1 aliphatic carbocycles. The van der Waals surface area contributed by atoms with Gasteiger partial charge in [0.05, 0.1) is 4.92 Å². The fraction of sp³-hybridized carbons (Fsp3) is 0.533. The molecule has 1 aliphatic rings. The van der Waals surface area contributed by atoms with E-state index in [4.69, 9.17) is 11.6 Å². The van der Waals surface area contributed by atoms with Crippen LogP contribution in [0.1, 0.15) is 43.0 Å². The van der Waals surface area contributed by atoms with Crippen molar-refractivity contribution in [2.24, 2.45) is 11.8 Å². The summed E-state index contributed by atoms with van der Waals surface area (Å²) in [4.78, 5) is 22.6. The highest BCUT2D eigenvalue weighted by atomic mass is 35.5. The van der Waals surface area contributed by atoms with Crippen molar-refractivity contribution in [3.63, 3.8) is 0 Å². The predicted octanol–water partition coefficient (Wildman–Crippen LogP) is 3.80. The first-order chi connectivity index (χ1) is 9.97. The van der Waals surface area contributed by atoms with E-state index < -0.39 is 10.8 Å². The first-order valence-electron chi connectivity index (χ1n) is 7.19. The van der Waals surface area contributed by atoms with Gasteiger partial charge in [-0.05, 0) is 36.8 Å². The van der Waals surface area contributed by atoms with Crippen LogP contribution in [0.3, 0.4) is 0 Å². The summed E-state index contributed by atoms with van der Waals surface area (Å²) >= 11 is 5.83. The smallest absolute Gasteiger partial charge is 0.282 e. The van der Waals surface area contributed by atoms with Gasteiger partial charge >= 0.3 is 0 Å². The van der Waals surface area contributed by atoms with Gasteiger partial charge in [0.2, 0.25) is 0 Å². The Hall–Kier alpha value is -1.62. The quantitative estimate of drug-likeness (QED) is 0.679. The van der Waals surface area contributed by atoms with Crippen molar-refractivity contribution in [3.05, 3.63) is 38.9 Å². The Morgan fingerprint density at radius 2 is 2.05 bits per heavy atom. The minimum Gasteiger partial charge on any atom is -0.352 e. The highest BCUT2D eigenvalue weighted by molar-refractivity contribution is 6.31. The molecule has 21 heavy (non-hydrogen) atoms. The zero-order chi connectivity index (χ0) is 15.4. The van der Waals surface area contributed by atoms with E-state index in [2.05, 4.69) is 12.2 Å². The summed E-state index contributed by atoms with van der Waals surface area (Å²) in [6.45, 7) is 2.80. The maximum absolute atomic E-state index is 12.2. The second-order valence-corrected chi connectivity index (χ2v) is 6.19. The summed E-state index contributed by atoms with van der Waals surface area (Å²) < 4.78 is 0. The molecule has 0 bridgehead atoms. The zero-order valence-corrected chi connectivity index (χ0v) is 12.7. The molecule has 2 rings (SSSR count). The van der Waals surface area contributed by atoms with Crippen molar-refractivity contribution in [2.75, 3.05) is 6.54 Å². The third kappa shape index (κ3) is 4.17. The van der Waals surface area contributed by atoms with Crippen LogP contribution in [0.15, 0.2) is 18.2 Å². The molecule has 5 nitrogen and oxygen atoms in total. The van der Waals surface area contributed by atoms with Gasteiger partial charge in [-0.1, -0.05) is 31.4 Å². The van der Waals surface area contributed by atoms with Gasteiger partial charge in [-0.3, -0.25) is 14.9 Å². The number of carbonyl (C=O) groups excluding carboxylic acids is 1. The average Bonchev–Trinajstić information content (AvgIpc) is 2.46. The monoisotopic (exact) mass is 310 g/mol. The van der Waals surface area contributed by atoms with Gasteiger partial charge in [-0.25, -0.2) is 0 Å². The van der Waals surface area contributed by atoms with E-state index in [9.17, 15) is 14.9 Å². The summed E-state index contributed by atoms with van der Waals surface area (Å²) in [6, 6.07) is 4.02. The van der Waals surface area contributed by atoms with Gasteiger partial charge in [0, 0.05) is 17.6 Å². The predicted molar refractivity (Wildman–Crippen MR) is 81.6 cm³/mol. The molecule has 0 radical (unpaired) electrons. The molecule has 0 aliphatic heterocycles. The fourth-order valence-corrected chi connectivity index (χ4v) is 2.89. The van der Waals surface area contributed by atoms with Crippen molar-refractivity contribution >= 4 is 23.2 Å². The van der Waals surface area contributed by atoms with Crippen LogP contribution < -0.4 is 5.32 Å². The Morgan fingerprint density at radius 1 is 1.38 bits per heavy atom. The summed E-state index contributed by atoms with van der Waals surface area (Å²) in [5.41, 5.74) is -0.189. The van der Waals surface area contributed by atoms with Crippen molar-refractivity contribution in [1.29, 1.82) is 0 Å². The second-order valence-electron chi connectivity index (χ2n) is 5.75. The van der Waals surface area contributed by atoms with E-state index in [1.54, 1.807) is 0 Å². The number of halogens is 1. The molecule has 0 saturated heterocycles. The molecule has 0 spiro atoms. The number of nitrogens with one attached hydrogen (secondary N) is 1. The largest absolute Gasteiger partial charge is 0.352 e. The fourth-order valence-electron chi connectivity index (χ4n) is 2.71. The van der Waals surface area contributed by atoms with E-state index in [1.165, 1.54) is 31.0 Å². The van der Waals surface area contributed by atoms with Gasteiger partial charge in [-0.2, -0.15) is 0 Å². The van der Waals surface area contributed by atoms with Crippen LogP contribution in [0, 0.1) is 22.0 Å². The Balaban J connectivity index is 2.00. The number of nitro benzene ring substituents is 1. The van der Waals surface area contributed by atoms with Crippen molar-refractivity contribution in [1.82, 2.24) is 5.32 Å². The number of benzene rings is 1. The molecule has 0 atom stereocenters. The highest BCUT2D eigenvalue weighted by Gasteiger charge is 2.23. The molecule has 1 N–H and O–H groups in total. The second kappa shape index (κ2) is 6.89. The van der Waals surface area contributed by atoms with E-state index in [0.29, 0.717) is 17.5 Å². The normalized spacial score (nSPS) is 21.8. The minimum absolute atomic E-state index is 0.0247. The molecule has 1 aromatic carbocycles. The Kier molecular flexibility index (Phi) is 5.17. The molecule has 0 heterocycles. The molecule has 1 fully saturated rings. The van der Waals surface area contributed by atoms with Gasteiger partial charge in [0.25, 0.3) is 11.6 Å². The number of rotatable bonds is 4. The van der Waals surface area contributed by atoms with Crippen molar-refractivity contribution in [2.45, 2.75) is 32.6 Å². The van der Waals surface area contributed by atoms with Crippen molar-refractivity contribution < 1.29 is 9.72 Å². The molecule has 1 saturated carbocycles. The Bertz CT molecular complexity index is 540. The Labute approximate surface area is 128 Å². The molecular weight excluding hydrogens is 292 g/mol. The van der Waals surface area contributed by atoms with Crippen LogP contribution in [0.4, 0.5) is 5.69 Å². The number of carbonyl (C=O) groups is 1. The van der Waals surface area contributed by atoms with Crippen LogP contribution in [0.5, 0.6) is 0 Å². The SMILES string of the molecule is CC1CCC(CNC(=O)c2cc(Cl)ccc2[N+](=O)[O-])CC1. The van der Waals surface area contributed by atoms with Crippen LogP contribution in [0.25, 0.3) is 0 Å². The van der Waals surface area contributed by atoms with E-state index in [0.717, 1.165) is 18.8 Å². The molecule has 114 valence electrons. The lowest BCUT2D eigenvalue weighted by molar-refractivity contribution is -0.385. The number of hydrogen-bond acceptors (Lipinski definition) is 3. The third-order valence-electron chi connectivity index (χ3n) is 4.09. The van der Waals surface area contributed by atoms with Crippen LogP contribution in [-0.4, -0.2) is 17.4 Å². The lowest BCUT2D eigenvalue weighted by Gasteiger charge is -2.26. The Morgan fingerprint density at radius 3 is 2.67 bits per heavy atom. The number of nitro groups is 1. The number of amides is 1. The topological polar surface area (TPSA) is 72.2 Å². The minimum atomic E-state index is -0.562. The highest BCUT2D eigenvalue weighted by Crippen LogP contribution is 2.28. The van der Waals surface area contributed by atoms with Gasteiger partial charge in [0.15, 0.2) is 0 Å². The standard InChI is InChI=1S/C15H19ClN2O3/c1-10-2-4-11(5-3-10)9-17-15(19)13-8-12(16)6-7-14(13)18(20)21/h6-8,10-11H,2-5,9H2,1H3,(H,17,19). The van der Waals surface area contributed by atoms with E-state index >= 15 is 0 Å². The van der Waals surface area contributed by atoms with Gasteiger partial charge in [0.1, 0.15) is 5.56 Å². The lowest BCUT2D eigenvalue weighted by atomic mass is 9.83. The molecular formula is C15H19ClN2O3. The van der Waals surface area contributed by atoms with E-state index in [1.807, 2.05) is 0 Å². The molecule has 6 heteroatoms. The lowest BCUT2D eigenvalue weighted by Crippen LogP contribution is -2.31. The van der Waals surface area contributed by atoms with E-state index in [-0.39, 0.29) is 11.3 Å². The maximum atomic E-state index is 12.2. The van der Waals surface area contributed by atoms with Gasteiger partial charge < -0.3 is 5.32 Å². The number of hydrogen-bond donors (Lipinski definition) is 1. The maximum Gasteiger partial charge on any atom is 0.282 e. The summed E-state index contributed by atoms with van der Waals surface area (Å²) in [6.07, 6.45) is 4.55. The molecule has 1 aromatic rings. The zero-order valence-electron chi connectivity index (χ0n) is 12.0. The van der Waals surface area contributed by atoms with Crippen LogP contribution in [0.2, 0.25) is 5.02 Å². The average molecular weight is 311 g/mol.